The van der Waals surface area contributed by atoms with Crippen molar-refractivity contribution in [3.63, 3.8) is 0 Å². The molecule has 118 valence electrons. The number of hydrogen-bond donors (Lipinski definition) is 0. The van der Waals surface area contributed by atoms with Gasteiger partial charge in [-0.1, -0.05) is 79.1 Å². The summed E-state index contributed by atoms with van der Waals surface area (Å²) in [6, 6.07) is 0. The van der Waals surface area contributed by atoms with Gasteiger partial charge in [-0.15, -0.1) is 0 Å². The van der Waals surface area contributed by atoms with Crippen LogP contribution in [0.1, 0.15) is 91.9 Å². The SMILES string of the molecule is CCCCCC#C[B-](CCCC)(CCCC)CCCC.[Li+]. The largest absolute Gasteiger partial charge is 1.00 e. The molecule has 0 bridgehead atoms. The summed E-state index contributed by atoms with van der Waals surface area (Å²) in [5, 5.41) is 0. The molecule has 0 N–H and O–H groups in total. The van der Waals surface area contributed by atoms with Crippen molar-refractivity contribution in [2.24, 2.45) is 0 Å². The summed E-state index contributed by atoms with van der Waals surface area (Å²) >= 11 is 0. The van der Waals surface area contributed by atoms with E-state index in [9.17, 15) is 0 Å². The first-order valence-electron chi connectivity index (χ1n) is 9.45. The predicted molar refractivity (Wildman–Crippen MR) is 96.8 cm³/mol. The van der Waals surface area contributed by atoms with Crippen LogP contribution >= 0.6 is 0 Å². The molecule has 0 aliphatic heterocycles. The van der Waals surface area contributed by atoms with Crippen LogP contribution in [-0.4, -0.2) is 6.15 Å². The van der Waals surface area contributed by atoms with Crippen molar-refractivity contribution in [3.8, 4) is 11.7 Å². The topological polar surface area (TPSA) is 0 Å². The fourth-order valence-corrected chi connectivity index (χ4v) is 3.19. The first-order valence-corrected chi connectivity index (χ1v) is 9.45. The first-order chi connectivity index (χ1) is 9.74. The van der Waals surface area contributed by atoms with E-state index in [0.29, 0.717) is 0 Å². The zero-order valence-corrected chi connectivity index (χ0v) is 15.8. The Balaban J connectivity index is 0. The fraction of sp³-hybridized carbons (Fsp3) is 0.895. The van der Waals surface area contributed by atoms with Gasteiger partial charge in [-0.2, -0.15) is 24.9 Å². The molecule has 0 nitrogen and oxygen atoms in total. The summed E-state index contributed by atoms with van der Waals surface area (Å²) in [5.41, 5.74) is 0. The van der Waals surface area contributed by atoms with E-state index in [0.717, 1.165) is 6.42 Å². The normalized spacial score (nSPS) is 10.7. The third-order valence-electron chi connectivity index (χ3n) is 4.64. The van der Waals surface area contributed by atoms with Crippen LogP contribution in [0.4, 0.5) is 0 Å². The molecule has 21 heavy (non-hydrogen) atoms. The molecule has 0 unspecified atom stereocenters. The van der Waals surface area contributed by atoms with Crippen molar-refractivity contribution in [2.45, 2.75) is 111 Å². The average molecular weight is 284 g/mol. The van der Waals surface area contributed by atoms with Gasteiger partial charge >= 0.3 is 18.9 Å². The van der Waals surface area contributed by atoms with Crippen LogP contribution < -0.4 is 18.9 Å². The number of hydrogen-bond acceptors (Lipinski definition) is 0. The molecule has 0 aromatic carbocycles. The van der Waals surface area contributed by atoms with Gasteiger partial charge in [0.1, 0.15) is 0 Å². The summed E-state index contributed by atoms with van der Waals surface area (Å²) in [7, 11) is 0. The minimum Gasteiger partial charge on any atom is -0.315 e. The van der Waals surface area contributed by atoms with Crippen molar-refractivity contribution < 1.29 is 18.9 Å². The summed E-state index contributed by atoms with van der Waals surface area (Å²) in [4.78, 5) is 0. The molecule has 2 heteroatoms. The van der Waals surface area contributed by atoms with Crippen LogP contribution in [0.25, 0.3) is 0 Å². The minimum atomic E-state index is -0.388. The number of rotatable bonds is 12. The van der Waals surface area contributed by atoms with Crippen molar-refractivity contribution in [1.29, 1.82) is 0 Å². The van der Waals surface area contributed by atoms with E-state index in [4.69, 9.17) is 0 Å². The Hall–Kier alpha value is 0.222. The molecule has 0 spiro atoms. The number of unbranched alkanes of at least 4 members (excludes halogenated alkanes) is 6. The van der Waals surface area contributed by atoms with Crippen LogP contribution in [-0.2, 0) is 0 Å². The van der Waals surface area contributed by atoms with Gasteiger partial charge in [-0.25, -0.2) is 0 Å². The van der Waals surface area contributed by atoms with Gasteiger partial charge in [0.15, 0.2) is 0 Å². The Morgan fingerprint density at radius 3 is 1.43 bits per heavy atom. The molecule has 0 aromatic heterocycles. The summed E-state index contributed by atoms with van der Waals surface area (Å²) < 4.78 is 0. The smallest absolute Gasteiger partial charge is 0.315 e. The third-order valence-corrected chi connectivity index (χ3v) is 4.64. The molecule has 0 amide bonds. The van der Waals surface area contributed by atoms with E-state index in [1.807, 2.05) is 0 Å². The van der Waals surface area contributed by atoms with E-state index < -0.39 is 0 Å². The summed E-state index contributed by atoms with van der Waals surface area (Å²) in [6.45, 7) is 9.21. The van der Waals surface area contributed by atoms with Crippen LogP contribution in [0.15, 0.2) is 0 Å². The second-order valence-electron chi connectivity index (χ2n) is 6.68. The molecule has 0 saturated heterocycles. The van der Waals surface area contributed by atoms with Crippen LogP contribution in [0.2, 0.25) is 19.0 Å². The zero-order chi connectivity index (χ0) is 15.1. The van der Waals surface area contributed by atoms with E-state index in [2.05, 4.69) is 39.4 Å². The van der Waals surface area contributed by atoms with Crippen LogP contribution in [0.3, 0.4) is 0 Å². The molecule has 0 aromatic rings. The van der Waals surface area contributed by atoms with Gasteiger partial charge in [-0.05, 0) is 6.42 Å². The summed E-state index contributed by atoms with van der Waals surface area (Å²) in [5.74, 6) is 7.37. The van der Waals surface area contributed by atoms with E-state index in [-0.39, 0.29) is 25.0 Å². The van der Waals surface area contributed by atoms with Crippen molar-refractivity contribution >= 4 is 6.15 Å². The fourth-order valence-electron chi connectivity index (χ4n) is 3.19. The van der Waals surface area contributed by atoms with Gasteiger partial charge < -0.3 is 5.82 Å². The minimum absolute atomic E-state index is 0. The maximum atomic E-state index is 3.81. The Labute approximate surface area is 147 Å². The maximum absolute atomic E-state index is 3.81. The molecule has 0 aliphatic rings. The van der Waals surface area contributed by atoms with E-state index in [1.54, 1.807) is 0 Å². The van der Waals surface area contributed by atoms with Gasteiger partial charge in [-0.3, -0.25) is 0 Å². The molecule has 0 aliphatic carbocycles. The van der Waals surface area contributed by atoms with Gasteiger partial charge in [0.05, 0.1) is 6.15 Å². The Bertz CT molecular complexity index is 243. The molecule has 0 radical (unpaired) electrons. The van der Waals surface area contributed by atoms with Crippen LogP contribution in [0.5, 0.6) is 0 Å². The quantitative estimate of drug-likeness (QED) is 0.289. The van der Waals surface area contributed by atoms with Gasteiger partial charge in [0, 0.05) is 6.42 Å². The molecular formula is C19H38BLi. The van der Waals surface area contributed by atoms with Crippen molar-refractivity contribution in [2.75, 3.05) is 0 Å². The van der Waals surface area contributed by atoms with Crippen molar-refractivity contribution in [3.05, 3.63) is 0 Å². The molecule has 0 heterocycles. The van der Waals surface area contributed by atoms with E-state index >= 15 is 0 Å². The van der Waals surface area contributed by atoms with Crippen LogP contribution in [0, 0.1) is 11.7 Å². The Kier molecular flexibility index (Phi) is 18.6. The van der Waals surface area contributed by atoms with Gasteiger partial charge in [0.2, 0.25) is 0 Å². The average Bonchev–Trinajstić information content (AvgIpc) is 2.48. The predicted octanol–water partition coefficient (Wildman–Crippen LogP) is 3.96. The molecule has 0 atom stereocenters. The Morgan fingerprint density at radius 2 is 1.05 bits per heavy atom. The molecule has 0 fully saturated rings. The Morgan fingerprint density at radius 1 is 0.619 bits per heavy atom. The second-order valence-corrected chi connectivity index (χ2v) is 6.68. The molecular weight excluding hydrogens is 246 g/mol. The molecule has 0 rings (SSSR count). The zero-order valence-electron chi connectivity index (χ0n) is 15.8. The van der Waals surface area contributed by atoms with Gasteiger partial charge in [0.25, 0.3) is 0 Å². The maximum Gasteiger partial charge on any atom is 1.00 e. The monoisotopic (exact) mass is 284 g/mol. The molecule has 0 saturated carbocycles. The first kappa shape index (κ1) is 23.5. The summed E-state index contributed by atoms with van der Waals surface area (Å²) in [6.07, 6.45) is 16.9. The third kappa shape index (κ3) is 12.5. The van der Waals surface area contributed by atoms with E-state index in [1.165, 1.54) is 76.7 Å². The second kappa shape index (κ2) is 16.6. The van der Waals surface area contributed by atoms with Crippen molar-refractivity contribution in [1.82, 2.24) is 0 Å². The standard InChI is InChI=1S/C19H38B.Li/c1-5-9-13-14-15-19-20(16-10-6-2,17-11-7-3)18-12-8-4;/h5-14,16-18H2,1-4H3;/q-1;+1.